The standard InChI is InChI=1S/C11H18ClN3/c1-3-11(2,6-7-13)15-10-5-4-9(12)8-14-10/h4-5,8H,3,6-7,13H2,1-2H3,(H,14,15). The number of nitrogens with one attached hydrogen (secondary N) is 1. The molecular weight excluding hydrogens is 210 g/mol. The highest BCUT2D eigenvalue weighted by molar-refractivity contribution is 6.30. The number of halogens is 1. The van der Waals surface area contributed by atoms with Crippen molar-refractivity contribution < 1.29 is 0 Å². The Balaban J connectivity index is 2.70. The molecule has 1 unspecified atom stereocenters. The topological polar surface area (TPSA) is 50.9 Å². The zero-order valence-electron chi connectivity index (χ0n) is 9.26. The van der Waals surface area contributed by atoms with E-state index < -0.39 is 0 Å². The SMILES string of the molecule is CCC(C)(CCN)Nc1ccc(Cl)cn1. The molecule has 0 spiro atoms. The average molecular weight is 228 g/mol. The zero-order valence-corrected chi connectivity index (χ0v) is 10.0. The van der Waals surface area contributed by atoms with Crippen molar-refractivity contribution in [3.8, 4) is 0 Å². The third kappa shape index (κ3) is 3.68. The van der Waals surface area contributed by atoms with Gasteiger partial charge in [-0.05, 0) is 38.4 Å². The number of anilines is 1. The van der Waals surface area contributed by atoms with Crippen molar-refractivity contribution in [2.45, 2.75) is 32.2 Å². The van der Waals surface area contributed by atoms with Gasteiger partial charge in [0.1, 0.15) is 5.82 Å². The second-order valence-corrected chi connectivity index (χ2v) is 4.38. The first-order valence-electron chi connectivity index (χ1n) is 5.19. The molecule has 84 valence electrons. The van der Waals surface area contributed by atoms with Crippen LogP contribution < -0.4 is 11.1 Å². The van der Waals surface area contributed by atoms with Crippen molar-refractivity contribution in [3.05, 3.63) is 23.4 Å². The van der Waals surface area contributed by atoms with Gasteiger partial charge in [0.25, 0.3) is 0 Å². The largest absolute Gasteiger partial charge is 0.365 e. The first-order valence-corrected chi connectivity index (χ1v) is 5.57. The molecule has 15 heavy (non-hydrogen) atoms. The number of hydrogen-bond acceptors (Lipinski definition) is 3. The number of aromatic nitrogens is 1. The molecule has 3 N–H and O–H groups in total. The number of nitrogens with zero attached hydrogens (tertiary/aromatic N) is 1. The Morgan fingerprint density at radius 2 is 2.27 bits per heavy atom. The second kappa shape index (κ2) is 5.33. The van der Waals surface area contributed by atoms with Crippen LogP contribution in [0, 0.1) is 0 Å². The Kier molecular flexibility index (Phi) is 4.36. The predicted molar refractivity (Wildman–Crippen MR) is 65.2 cm³/mol. The normalized spacial score (nSPS) is 14.7. The minimum atomic E-state index is 0.00950. The van der Waals surface area contributed by atoms with Crippen molar-refractivity contribution >= 4 is 17.4 Å². The lowest BCUT2D eigenvalue weighted by atomic mass is 9.94. The fraction of sp³-hybridized carbons (Fsp3) is 0.545. The first kappa shape index (κ1) is 12.3. The van der Waals surface area contributed by atoms with E-state index in [9.17, 15) is 0 Å². The second-order valence-electron chi connectivity index (χ2n) is 3.94. The number of hydrogen-bond donors (Lipinski definition) is 2. The summed E-state index contributed by atoms with van der Waals surface area (Å²) in [6.07, 6.45) is 3.57. The molecule has 0 fully saturated rings. The highest BCUT2D eigenvalue weighted by atomic mass is 35.5. The van der Waals surface area contributed by atoms with Gasteiger partial charge in [-0.15, -0.1) is 0 Å². The van der Waals surface area contributed by atoms with Gasteiger partial charge < -0.3 is 11.1 Å². The third-order valence-electron chi connectivity index (χ3n) is 2.63. The van der Waals surface area contributed by atoms with Crippen LogP contribution >= 0.6 is 11.6 Å². The van der Waals surface area contributed by atoms with E-state index in [0.717, 1.165) is 18.7 Å². The van der Waals surface area contributed by atoms with Crippen LogP contribution in [0.1, 0.15) is 26.7 Å². The third-order valence-corrected chi connectivity index (χ3v) is 2.86. The molecule has 1 atom stereocenters. The zero-order chi connectivity index (χ0) is 11.3. The van der Waals surface area contributed by atoms with Gasteiger partial charge in [-0.25, -0.2) is 4.98 Å². The molecule has 0 aromatic carbocycles. The summed E-state index contributed by atoms with van der Waals surface area (Å²) in [7, 11) is 0. The quantitative estimate of drug-likeness (QED) is 0.813. The maximum atomic E-state index is 5.77. The van der Waals surface area contributed by atoms with Crippen molar-refractivity contribution in [2.75, 3.05) is 11.9 Å². The molecule has 4 heteroatoms. The molecule has 1 aromatic heterocycles. The molecule has 0 saturated carbocycles. The molecule has 1 rings (SSSR count). The molecule has 3 nitrogen and oxygen atoms in total. The van der Waals surface area contributed by atoms with Crippen LogP contribution in [-0.2, 0) is 0 Å². The maximum absolute atomic E-state index is 5.77. The molecular formula is C11H18ClN3. The summed E-state index contributed by atoms with van der Waals surface area (Å²) in [5.41, 5.74) is 5.60. The van der Waals surface area contributed by atoms with E-state index in [1.54, 1.807) is 6.20 Å². The highest BCUT2D eigenvalue weighted by Gasteiger charge is 2.20. The van der Waals surface area contributed by atoms with E-state index in [2.05, 4.69) is 24.1 Å². The molecule has 0 amide bonds. The lowest BCUT2D eigenvalue weighted by Crippen LogP contribution is -2.36. The fourth-order valence-electron chi connectivity index (χ4n) is 1.41. The predicted octanol–water partition coefficient (Wildman–Crippen LogP) is 2.66. The molecule has 0 aliphatic carbocycles. The van der Waals surface area contributed by atoms with Crippen LogP contribution in [0.15, 0.2) is 18.3 Å². The summed E-state index contributed by atoms with van der Waals surface area (Å²) < 4.78 is 0. The maximum Gasteiger partial charge on any atom is 0.126 e. The van der Waals surface area contributed by atoms with E-state index in [-0.39, 0.29) is 5.54 Å². The minimum absolute atomic E-state index is 0.00950. The summed E-state index contributed by atoms with van der Waals surface area (Å²) in [4.78, 5) is 4.21. The molecule has 0 radical (unpaired) electrons. The van der Waals surface area contributed by atoms with Crippen LogP contribution in [0.25, 0.3) is 0 Å². The van der Waals surface area contributed by atoms with Gasteiger partial charge in [0, 0.05) is 11.7 Å². The summed E-state index contributed by atoms with van der Waals surface area (Å²) in [5, 5.41) is 4.03. The number of pyridine rings is 1. The summed E-state index contributed by atoms with van der Waals surface area (Å²) >= 11 is 5.77. The minimum Gasteiger partial charge on any atom is -0.365 e. The smallest absolute Gasteiger partial charge is 0.126 e. The van der Waals surface area contributed by atoms with E-state index >= 15 is 0 Å². The molecule has 1 heterocycles. The molecule has 0 saturated heterocycles. The van der Waals surface area contributed by atoms with E-state index in [1.165, 1.54) is 0 Å². The van der Waals surface area contributed by atoms with Crippen LogP contribution in [-0.4, -0.2) is 17.1 Å². The molecule has 0 aliphatic rings. The van der Waals surface area contributed by atoms with Crippen molar-refractivity contribution in [2.24, 2.45) is 5.73 Å². The monoisotopic (exact) mass is 227 g/mol. The van der Waals surface area contributed by atoms with Gasteiger partial charge >= 0.3 is 0 Å². The van der Waals surface area contributed by atoms with Gasteiger partial charge in [0.05, 0.1) is 5.02 Å². The van der Waals surface area contributed by atoms with Crippen molar-refractivity contribution in [1.29, 1.82) is 0 Å². The van der Waals surface area contributed by atoms with E-state index in [4.69, 9.17) is 17.3 Å². The lowest BCUT2D eigenvalue weighted by molar-refractivity contribution is 0.462. The van der Waals surface area contributed by atoms with Gasteiger partial charge in [0.15, 0.2) is 0 Å². The van der Waals surface area contributed by atoms with Crippen LogP contribution in [0.5, 0.6) is 0 Å². The van der Waals surface area contributed by atoms with Crippen LogP contribution in [0.4, 0.5) is 5.82 Å². The average Bonchev–Trinajstić information content (AvgIpc) is 2.22. The lowest BCUT2D eigenvalue weighted by Gasteiger charge is -2.29. The Hall–Kier alpha value is -0.800. The molecule has 0 aliphatic heterocycles. The van der Waals surface area contributed by atoms with Crippen molar-refractivity contribution in [3.63, 3.8) is 0 Å². The highest BCUT2D eigenvalue weighted by Crippen LogP contribution is 2.20. The van der Waals surface area contributed by atoms with E-state index in [0.29, 0.717) is 11.6 Å². The Morgan fingerprint density at radius 1 is 1.53 bits per heavy atom. The summed E-state index contributed by atoms with van der Waals surface area (Å²) in [5.74, 6) is 0.845. The van der Waals surface area contributed by atoms with Crippen LogP contribution in [0.3, 0.4) is 0 Å². The number of nitrogens with two attached hydrogens (primary N) is 1. The van der Waals surface area contributed by atoms with Gasteiger partial charge in [-0.1, -0.05) is 18.5 Å². The fourth-order valence-corrected chi connectivity index (χ4v) is 1.52. The van der Waals surface area contributed by atoms with Gasteiger partial charge in [0.2, 0.25) is 0 Å². The van der Waals surface area contributed by atoms with E-state index in [1.807, 2.05) is 12.1 Å². The molecule has 0 bridgehead atoms. The van der Waals surface area contributed by atoms with Crippen LogP contribution in [0.2, 0.25) is 5.02 Å². The summed E-state index contributed by atoms with van der Waals surface area (Å²) in [6, 6.07) is 3.71. The summed E-state index contributed by atoms with van der Waals surface area (Å²) in [6.45, 7) is 4.96. The van der Waals surface area contributed by atoms with Crippen molar-refractivity contribution in [1.82, 2.24) is 4.98 Å². The Morgan fingerprint density at radius 3 is 2.73 bits per heavy atom. The molecule has 1 aromatic rings. The Bertz CT molecular complexity index is 299. The number of rotatable bonds is 5. The first-order chi connectivity index (χ1) is 7.09. The van der Waals surface area contributed by atoms with Gasteiger partial charge in [-0.3, -0.25) is 0 Å². The van der Waals surface area contributed by atoms with Gasteiger partial charge in [-0.2, -0.15) is 0 Å². The Labute approximate surface area is 96.0 Å².